The molecule has 0 amide bonds. The quantitative estimate of drug-likeness (QED) is 0.683. The highest BCUT2D eigenvalue weighted by molar-refractivity contribution is 7.91. The van der Waals surface area contributed by atoms with E-state index in [-0.39, 0.29) is 31.5 Å². The third-order valence-electron chi connectivity index (χ3n) is 4.16. The summed E-state index contributed by atoms with van der Waals surface area (Å²) >= 11 is 11.9. The fourth-order valence-corrected chi connectivity index (χ4v) is 4.97. The normalized spacial score (nSPS) is 11.5. The summed E-state index contributed by atoms with van der Waals surface area (Å²) in [5, 5.41) is 19.2. The van der Waals surface area contributed by atoms with Crippen LogP contribution in [0.25, 0.3) is 10.9 Å². The van der Waals surface area contributed by atoms with E-state index < -0.39 is 22.4 Å². The van der Waals surface area contributed by atoms with Gasteiger partial charge in [0.2, 0.25) is 9.84 Å². The van der Waals surface area contributed by atoms with Crippen molar-refractivity contribution in [2.24, 2.45) is 0 Å². The number of aliphatic carboxylic acids is 1. The van der Waals surface area contributed by atoms with Crippen LogP contribution in [0.3, 0.4) is 0 Å². The molecule has 0 saturated carbocycles. The molecule has 27 heavy (non-hydrogen) atoms. The maximum absolute atomic E-state index is 13.2. The van der Waals surface area contributed by atoms with E-state index in [2.05, 4.69) is 0 Å². The van der Waals surface area contributed by atoms with Crippen molar-refractivity contribution >= 4 is 49.9 Å². The third-order valence-corrected chi connectivity index (χ3v) is 6.67. The number of benzene rings is 2. The van der Waals surface area contributed by atoms with Gasteiger partial charge < -0.3 is 9.67 Å². The standard InChI is InChI=1S/C18H12Cl2N2O4S/c1-10-18(27(25,26)13-4-2-12(19)3-5-13)14-7-15(20)11(8-21)6-16(14)22(10)9-17(23)24/h2-7H,9H2,1H3,(H,23,24). The molecule has 3 rings (SSSR count). The van der Waals surface area contributed by atoms with Gasteiger partial charge in [0, 0.05) is 16.1 Å². The largest absolute Gasteiger partial charge is 0.480 e. The van der Waals surface area contributed by atoms with Crippen molar-refractivity contribution in [2.45, 2.75) is 23.3 Å². The van der Waals surface area contributed by atoms with Crippen LogP contribution in [0.15, 0.2) is 46.2 Å². The highest BCUT2D eigenvalue weighted by Crippen LogP contribution is 2.36. The van der Waals surface area contributed by atoms with E-state index in [1.807, 2.05) is 6.07 Å². The van der Waals surface area contributed by atoms with Gasteiger partial charge in [-0.1, -0.05) is 23.2 Å². The molecule has 3 aromatic rings. The van der Waals surface area contributed by atoms with Gasteiger partial charge in [0.15, 0.2) is 0 Å². The molecule has 0 aliphatic rings. The zero-order chi connectivity index (χ0) is 19.9. The number of fused-ring (bicyclic) bond motifs is 1. The topological polar surface area (TPSA) is 100 Å². The van der Waals surface area contributed by atoms with Gasteiger partial charge in [-0.3, -0.25) is 4.79 Å². The van der Waals surface area contributed by atoms with Crippen LogP contribution < -0.4 is 0 Å². The number of aromatic nitrogens is 1. The van der Waals surface area contributed by atoms with Crippen LogP contribution in [0, 0.1) is 18.3 Å². The smallest absolute Gasteiger partial charge is 0.323 e. The van der Waals surface area contributed by atoms with Crippen LogP contribution in [0.2, 0.25) is 10.0 Å². The number of nitriles is 1. The highest BCUT2D eigenvalue weighted by atomic mass is 35.5. The number of hydrogen-bond donors (Lipinski definition) is 1. The third kappa shape index (κ3) is 3.28. The average Bonchev–Trinajstić information content (AvgIpc) is 2.85. The van der Waals surface area contributed by atoms with Gasteiger partial charge in [0.1, 0.15) is 17.5 Å². The minimum Gasteiger partial charge on any atom is -0.480 e. The maximum atomic E-state index is 13.2. The minimum atomic E-state index is -3.98. The Labute approximate surface area is 165 Å². The molecular weight excluding hydrogens is 411 g/mol. The molecule has 0 fully saturated rings. The van der Waals surface area contributed by atoms with Crippen molar-refractivity contribution in [3.8, 4) is 6.07 Å². The Hall–Kier alpha value is -2.53. The first-order valence-corrected chi connectivity index (χ1v) is 9.85. The van der Waals surface area contributed by atoms with Crippen LogP contribution >= 0.6 is 23.2 Å². The summed E-state index contributed by atoms with van der Waals surface area (Å²) in [7, 11) is -3.98. The average molecular weight is 423 g/mol. The summed E-state index contributed by atoms with van der Waals surface area (Å²) in [6.45, 7) is 1.07. The highest BCUT2D eigenvalue weighted by Gasteiger charge is 2.28. The minimum absolute atomic E-state index is 0.0184. The number of nitrogens with zero attached hydrogens (tertiary/aromatic N) is 2. The summed E-state index contributed by atoms with van der Waals surface area (Å²) in [6.07, 6.45) is 0. The monoisotopic (exact) mass is 422 g/mol. The van der Waals surface area contributed by atoms with Crippen LogP contribution in [0.5, 0.6) is 0 Å². The lowest BCUT2D eigenvalue weighted by atomic mass is 10.2. The number of halogens is 2. The second-order valence-electron chi connectivity index (χ2n) is 5.81. The second kappa shape index (κ2) is 6.89. The van der Waals surface area contributed by atoms with E-state index in [0.29, 0.717) is 10.5 Å². The fourth-order valence-electron chi connectivity index (χ4n) is 2.96. The number of carboxylic acid groups (broad SMARTS) is 1. The summed E-state index contributed by atoms with van der Waals surface area (Å²) in [5.74, 6) is -1.14. The van der Waals surface area contributed by atoms with E-state index >= 15 is 0 Å². The first-order valence-electron chi connectivity index (χ1n) is 7.61. The Balaban J connectivity index is 2.40. The first kappa shape index (κ1) is 19.2. The Bertz CT molecular complexity index is 1220. The molecule has 2 aromatic carbocycles. The fraction of sp³-hybridized carbons (Fsp3) is 0.111. The summed E-state index contributed by atoms with van der Waals surface area (Å²) in [6, 6.07) is 10.4. The Morgan fingerprint density at radius 3 is 2.41 bits per heavy atom. The number of carbonyl (C=O) groups is 1. The molecule has 1 aromatic heterocycles. The zero-order valence-electron chi connectivity index (χ0n) is 13.9. The molecule has 0 unspecified atom stereocenters. The lowest BCUT2D eigenvalue weighted by Gasteiger charge is -2.07. The molecule has 0 saturated heterocycles. The first-order chi connectivity index (χ1) is 12.7. The number of rotatable bonds is 4. The summed E-state index contributed by atoms with van der Waals surface area (Å²) < 4.78 is 27.8. The zero-order valence-corrected chi connectivity index (χ0v) is 16.2. The lowest BCUT2D eigenvalue weighted by molar-refractivity contribution is -0.137. The van der Waals surface area contributed by atoms with Gasteiger partial charge in [-0.2, -0.15) is 5.26 Å². The molecule has 6 nitrogen and oxygen atoms in total. The van der Waals surface area contributed by atoms with Crippen molar-refractivity contribution in [1.29, 1.82) is 5.26 Å². The van der Waals surface area contributed by atoms with E-state index in [1.54, 1.807) is 0 Å². The Morgan fingerprint density at radius 2 is 1.85 bits per heavy atom. The van der Waals surface area contributed by atoms with E-state index in [4.69, 9.17) is 23.2 Å². The van der Waals surface area contributed by atoms with Crippen molar-refractivity contribution < 1.29 is 18.3 Å². The SMILES string of the molecule is Cc1c(S(=O)(=O)c2ccc(Cl)cc2)c2cc(Cl)c(C#N)cc2n1CC(=O)O. The Kier molecular flexibility index (Phi) is 4.91. The molecule has 138 valence electrons. The van der Waals surface area contributed by atoms with E-state index in [9.17, 15) is 23.6 Å². The van der Waals surface area contributed by atoms with Gasteiger partial charge in [0.25, 0.3) is 0 Å². The van der Waals surface area contributed by atoms with Crippen molar-refractivity contribution in [1.82, 2.24) is 4.57 Å². The maximum Gasteiger partial charge on any atom is 0.323 e. The van der Waals surface area contributed by atoms with Gasteiger partial charge in [-0.15, -0.1) is 0 Å². The van der Waals surface area contributed by atoms with E-state index in [0.717, 1.165) is 0 Å². The molecule has 0 aliphatic carbocycles. The van der Waals surface area contributed by atoms with Crippen LogP contribution in [-0.2, 0) is 21.2 Å². The van der Waals surface area contributed by atoms with E-state index in [1.165, 1.54) is 47.9 Å². The molecule has 9 heteroatoms. The second-order valence-corrected chi connectivity index (χ2v) is 8.54. The van der Waals surface area contributed by atoms with Crippen LogP contribution in [0.1, 0.15) is 11.3 Å². The van der Waals surface area contributed by atoms with Crippen LogP contribution in [-0.4, -0.2) is 24.1 Å². The number of sulfone groups is 1. The predicted molar refractivity (Wildman–Crippen MR) is 101 cm³/mol. The molecule has 0 aliphatic heterocycles. The molecule has 1 N–H and O–H groups in total. The molecule has 1 heterocycles. The predicted octanol–water partition coefficient (Wildman–Crippen LogP) is 4.05. The summed E-state index contributed by atoms with van der Waals surface area (Å²) in [4.78, 5) is 11.2. The molecular formula is C18H12Cl2N2O4S. The lowest BCUT2D eigenvalue weighted by Crippen LogP contribution is -2.11. The molecule has 0 atom stereocenters. The van der Waals surface area contributed by atoms with Crippen molar-refractivity contribution in [2.75, 3.05) is 0 Å². The van der Waals surface area contributed by atoms with Crippen LogP contribution in [0.4, 0.5) is 0 Å². The van der Waals surface area contributed by atoms with Gasteiger partial charge in [-0.25, -0.2) is 8.42 Å². The van der Waals surface area contributed by atoms with Gasteiger partial charge in [0.05, 0.1) is 21.0 Å². The molecule has 0 radical (unpaired) electrons. The van der Waals surface area contributed by atoms with Gasteiger partial charge >= 0.3 is 5.97 Å². The molecule has 0 spiro atoms. The van der Waals surface area contributed by atoms with Gasteiger partial charge in [-0.05, 0) is 43.3 Å². The van der Waals surface area contributed by atoms with Crippen molar-refractivity contribution in [3.63, 3.8) is 0 Å². The van der Waals surface area contributed by atoms with Crippen molar-refractivity contribution in [3.05, 3.63) is 57.7 Å². The Morgan fingerprint density at radius 1 is 1.22 bits per heavy atom. The number of hydrogen-bond acceptors (Lipinski definition) is 4. The number of carboxylic acids is 1. The summed E-state index contributed by atoms with van der Waals surface area (Å²) in [5.41, 5.74) is 0.681. The molecule has 0 bridgehead atoms.